The van der Waals surface area contributed by atoms with Gasteiger partial charge in [-0.25, -0.2) is 15.0 Å². The Morgan fingerprint density at radius 3 is 1.07 bits per heavy atom. The summed E-state index contributed by atoms with van der Waals surface area (Å²) in [7, 11) is -4.84. The van der Waals surface area contributed by atoms with Gasteiger partial charge in [0.2, 0.25) is 0 Å². The Labute approximate surface area is 721 Å². The summed E-state index contributed by atoms with van der Waals surface area (Å²) < 4.78 is 55.3. The van der Waals surface area contributed by atoms with Gasteiger partial charge in [-0.15, -0.1) is 0 Å². The Hall–Kier alpha value is -7.21. The van der Waals surface area contributed by atoms with E-state index >= 15 is 0 Å². The molecule has 0 radical (unpaired) electrons. The van der Waals surface area contributed by atoms with E-state index in [2.05, 4.69) is 199 Å². The fourth-order valence-corrected chi connectivity index (χ4v) is 18.0. The first-order valence-corrected chi connectivity index (χ1v) is 50.9. The molecule has 0 bridgehead atoms. The van der Waals surface area contributed by atoms with Gasteiger partial charge in [0.1, 0.15) is 54.5 Å². The van der Waals surface area contributed by atoms with Gasteiger partial charge in [0.25, 0.3) is 0 Å². The number of anilines is 3. The van der Waals surface area contributed by atoms with Crippen molar-refractivity contribution in [2.45, 2.75) is 271 Å². The number of fused-ring (bicyclic) bond motifs is 3. The zero-order valence-corrected chi connectivity index (χ0v) is 78.1. The normalized spacial score (nSPS) is 17.1. The molecule has 654 valence electrons. The van der Waals surface area contributed by atoms with Crippen LogP contribution in [-0.2, 0) is 23.1 Å². The lowest BCUT2D eigenvalue weighted by atomic mass is 9.84. The Kier molecular flexibility index (Phi) is 31.1. The monoisotopic (exact) mass is 1700 g/mol. The highest BCUT2D eigenvalue weighted by Crippen LogP contribution is 2.47. The van der Waals surface area contributed by atoms with Crippen LogP contribution in [0.5, 0.6) is 17.2 Å². The first-order chi connectivity index (χ1) is 57.2. The maximum absolute atomic E-state index is 10.2. The third-order valence-corrected chi connectivity index (χ3v) is 34.1. The highest BCUT2D eigenvalue weighted by Gasteiger charge is 2.41. The smallest absolute Gasteiger partial charge is 0.454 e. The van der Waals surface area contributed by atoms with Gasteiger partial charge in [-0.3, -0.25) is 0 Å². The second kappa shape index (κ2) is 40.6. The van der Waals surface area contributed by atoms with Crippen molar-refractivity contribution >= 4 is 69.7 Å². The third-order valence-electron chi connectivity index (χ3n) is 24.8. The van der Waals surface area contributed by atoms with E-state index in [1.165, 1.54) is 42.4 Å². The lowest BCUT2D eigenvalue weighted by molar-refractivity contribution is 0.0993. The Morgan fingerprint density at radius 1 is 0.450 bits per heavy atom. The summed E-state index contributed by atoms with van der Waals surface area (Å²) in [6.07, 6.45) is 18.2. The number of aliphatic hydroxyl groups is 1. The molecule has 6 aliphatic rings. The summed E-state index contributed by atoms with van der Waals surface area (Å²) >= 11 is 6.63. The van der Waals surface area contributed by atoms with Crippen molar-refractivity contribution in [3.8, 4) is 51.0 Å². The maximum Gasteiger partial charge on any atom is 0.454 e. The molecule has 3 saturated carbocycles. The summed E-state index contributed by atoms with van der Waals surface area (Å²) in [4.78, 5) is 22.4. The maximum atomic E-state index is 10.2. The number of hydrogen-bond donors (Lipinski definition) is 3. The fourth-order valence-electron chi connectivity index (χ4n) is 15.0. The first kappa shape index (κ1) is 92.0. The second-order valence-electron chi connectivity index (χ2n) is 37.8. The van der Waals surface area contributed by atoms with Crippen molar-refractivity contribution in [3.05, 3.63) is 124 Å². The van der Waals surface area contributed by atoms with Crippen molar-refractivity contribution in [1.29, 1.82) is 0 Å². The number of hydrogen-bond acceptors (Lipinski definition) is 20. The van der Waals surface area contributed by atoms with E-state index < -0.39 is 29.9 Å². The van der Waals surface area contributed by atoms with Crippen LogP contribution in [0.25, 0.3) is 50.7 Å². The molecule has 0 amide bonds. The van der Waals surface area contributed by atoms with Crippen LogP contribution < -0.4 is 28.9 Å². The van der Waals surface area contributed by atoms with Crippen LogP contribution in [0.1, 0.15) is 238 Å². The van der Waals surface area contributed by atoms with Gasteiger partial charge in [-0.05, 0) is 182 Å². The first-order valence-electron chi connectivity index (χ1n) is 44.7. The number of aliphatic hydroxyl groups excluding tert-OH is 1. The Morgan fingerprint density at radius 2 is 0.775 bits per heavy atom. The number of ether oxygens (including phenoxy) is 6. The summed E-state index contributed by atoms with van der Waals surface area (Å²) in [5.74, 6) is 7.96. The molecule has 3 aliphatic heterocycles. The number of rotatable bonds is 31. The van der Waals surface area contributed by atoms with Crippen LogP contribution in [0, 0.1) is 0 Å². The molecule has 0 spiro atoms. The molecule has 6 aromatic heterocycles. The minimum absolute atomic E-state index is 0.0427. The number of halogens is 1. The molecule has 3 aromatic carbocycles. The fraction of sp³-hybridized carbons (Fsp3) is 0.613. The molecule has 23 nitrogen and oxygen atoms in total. The van der Waals surface area contributed by atoms with E-state index in [1.807, 2.05) is 50.3 Å². The van der Waals surface area contributed by atoms with Crippen LogP contribution in [0.2, 0.25) is 47.1 Å². The molecule has 6 fully saturated rings. The SMILES string of the molecule is CCCC(COc1cc(-c2cc(N3CCOCC3)n3ncc(C(C)C)c3n2)cc(C2CC2)c1)O[Si](C)(C)C(C)(C)C.CCCC(COc1cc(Cl)cc(-c2cc(N3CCOCC3)n3ncc(C(C)C)c3n2)c1)O[Si](C)(C)C(C)(C)C.CCCC(O)COc1cc(-c2cc(N3CCOCC3)n3ncc(C(C)C)c3n2)cc(C2CC2)c1.OB(O)C1CC1. The summed E-state index contributed by atoms with van der Waals surface area (Å²) in [6, 6.07) is 25.5. The van der Waals surface area contributed by atoms with Crippen molar-refractivity contribution in [2.75, 3.05) is 113 Å². The number of morpholine rings is 3. The number of benzene rings is 3. The number of nitrogens with zero attached hydrogens (tertiary/aromatic N) is 12. The largest absolute Gasteiger partial charge is 0.491 e. The third kappa shape index (κ3) is 23.8. The molecule has 9 heterocycles. The van der Waals surface area contributed by atoms with Crippen LogP contribution >= 0.6 is 11.6 Å². The van der Waals surface area contributed by atoms with Gasteiger partial charge in [-0.1, -0.05) is 148 Å². The summed E-state index contributed by atoms with van der Waals surface area (Å²) in [5, 5.41) is 41.8. The molecule has 9 aromatic rings. The molecular weight excluding hydrogens is 1560 g/mol. The highest BCUT2D eigenvalue weighted by atomic mass is 35.5. The van der Waals surface area contributed by atoms with Gasteiger partial charge >= 0.3 is 7.12 Å². The molecule has 3 atom stereocenters. The van der Waals surface area contributed by atoms with Gasteiger partial charge in [0.05, 0.1) is 93.6 Å². The van der Waals surface area contributed by atoms with E-state index in [0.717, 1.165) is 200 Å². The van der Waals surface area contributed by atoms with Gasteiger partial charge < -0.3 is 67.1 Å². The van der Waals surface area contributed by atoms with Crippen LogP contribution in [0.4, 0.5) is 17.5 Å². The predicted molar refractivity (Wildman–Crippen MR) is 490 cm³/mol. The van der Waals surface area contributed by atoms with Gasteiger partial charge in [-0.2, -0.15) is 28.8 Å². The minimum atomic E-state index is -1.91. The van der Waals surface area contributed by atoms with Crippen molar-refractivity contribution in [2.24, 2.45) is 0 Å². The van der Waals surface area contributed by atoms with E-state index in [1.54, 1.807) is 0 Å². The molecule has 3 saturated heterocycles. The standard InChI is InChI=1S/C33H50N4O3Si.C30H45ClN4O3Si.C27H36N4O3.C3H7BO2/c1-9-10-27(40-41(7,8)33(4,5)6)22-39-28-18-25(24-11-12-24)17-26(19-28)30-20-31(36-13-15-38-16-14-36)37-32(35-30)29(21-34-37)23(2)3;1-9-10-24(38-39(7,8)30(4,5)6)20-37-25-16-22(15-23(31)17-25)27-18-28(34-11-13-36-14-12-34)35-29(33-27)26(19-32-35)21(2)3;1-4-5-22(32)17-34-23-13-20(19-6-7-19)12-21(14-23)25-15-26(30-8-10-33-11-9-30)31-27(29-25)24(16-28-31)18(2)3;5-4(6)3-1-2-3/h17-21,23-24,27H,9-16,22H2,1-8H3;15-19,21,24H,9-14,20H2,1-8H3;12-16,18-19,22,32H,4-11,17H2,1-3H3;3,5-6H,1-2H2. The number of aromatic nitrogens is 9. The minimum Gasteiger partial charge on any atom is -0.491 e. The Balaban J connectivity index is 0.000000159. The molecule has 3 N–H and O–H groups in total. The quantitative estimate of drug-likeness (QED) is 0.0343. The van der Waals surface area contributed by atoms with E-state index in [4.69, 9.17) is 89.2 Å². The molecule has 27 heteroatoms. The zero-order valence-electron chi connectivity index (χ0n) is 75.4. The lowest BCUT2D eigenvalue weighted by Crippen LogP contribution is -2.45. The molecule has 3 unspecified atom stereocenters. The zero-order chi connectivity index (χ0) is 86.0. The van der Waals surface area contributed by atoms with Crippen molar-refractivity contribution in [1.82, 2.24) is 43.8 Å². The van der Waals surface area contributed by atoms with E-state index in [0.29, 0.717) is 80.9 Å². The average Bonchev–Trinajstić information content (AvgIpc) is 1.55. The molecule has 3 aliphatic carbocycles. The van der Waals surface area contributed by atoms with E-state index in [-0.39, 0.29) is 28.1 Å². The van der Waals surface area contributed by atoms with Crippen molar-refractivity contribution < 1.29 is 52.4 Å². The summed E-state index contributed by atoms with van der Waals surface area (Å²) in [5.41, 5.74) is 14.6. The molecular formula is C93H138BClN12O11Si2. The second-order valence-corrected chi connectivity index (χ2v) is 47.7. The average molecular weight is 1700 g/mol. The highest BCUT2D eigenvalue weighted by molar-refractivity contribution is 6.74. The van der Waals surface area contributed by atoms with Crippen LogP contribution in [0.15, 0.2) is 91.4 Å². The van der Waals surface area contributed by atoms with Crippen LogP contribution in [0.3, 0.4) is 0 Å². The molecule has 15 rings (SSSR count). The summed E-state index contributed by atoms with van der Waals surface area (Å²) in [6.45, 7) is 53.2. The van der Waals surface area contributed by atoms with Crippen molar-refractivity contribution in [3.63, 3.8) is 0 Å². The topological polar surface area (TPSA) is 235 Å². The molecule has 120 heavy (non-hydrogen) atoms. The van der Waals surface area contributed by atoms with E-state index in [9.17, 15) is 5.11 Å². The van der Waals surface area contributed by atoms with Gasteiger partial charge in [0.15, 0.2) is 33.6 Å². The van der Waals surface area contributed by atoms with Crippen LogP contribution in [-0.4, -0.2) is 200 Å². The van der Waals surface area contributed by atoms with Gasteiger partial charge in [0, 0.05) is 95.9 Å². The lowest BCUT2D eigenvalue weighted by Gasteiger charge is -2.39. The predicted octanol–water partition coefficient (Wildman–Crippen LogP) is 19.8. The Bertz CT molecular complexity index is 4820.